The maximum absolute atomic E-state index is 14.6. The molecule has 0 atom stereocenters. The number of hydrogen-bond acceptors (Lipinski definition) is 6. The fraction of sp³-hybridized carbons (Fsp3) is 0.350. The van der Waals surface area contributed by atoms with Crippen LogP contribution in [-0.4, -0.2) is 51.3 Å². The highest BCUT2D eigenvalue weighted by Crippen LogP contribution is 2.36. The van der Waals surface area contributed by atoms with Gasteiger partial charge in [0.2, 0.25) is 9.84 Å². The van der Waals surface area contributed by atoms with Crippen molar-refractivity contribution in [1.82, 2.24) is 4.90 Å². The third kappa shape index (κ3) is 3.74. The molecule has 0 aromatic heterocycles. The number of ether oxygens (including phenoxy) is 2. The van der Waals surface area contributed by atoms with E-state index in [2.05, 4.69) is 0 Å². The van der Waals surface area contributed by atoms with Crippen LogP contribution in [0.25, 0.3) is 11.1 Å². The summed E-state index contributed by atoms with van der Waals surface area (Å²) >= 11 is 0. The maximum atomic E-state index is 14.6. The van der Waals surface area contributed by atoms with Crippen molar-refractivity contribution in [1.29, 1.82) is 0 Å². The third-order valence-corrected chi connectivity index (χ3v) is 6.51. The topological polar surface area (TPSA) is 72.9 Å². The first kappa shape index (κ1) is 18.9. The molecule has 1 fully saturated rings. The SMILES string of the molecule is O=CCN1CCC(Oc2ccc(-c3ccc4c(c3)OCS4(=O)=O)cc2F)CC1. The van der Waals surface area contributed by atoms with Crippen molar-refractivity contribution in [2.75, 3.05) is 25.6 Å². The van der Waals surface area contributed by atoms with Crippen LogP contribution in [0.5, 0.6) is 11.5 Å². The van der Waals surface area contributed by atoms with E-state index in [1.807, 2.05) is 4.90 Å². The molecule has 1 saturated heterocycles. The van der Waals surface area contributed by atoms with E-state index in [0.29, 0.717) is 23.4 Å². The van der Waals surface area contributed by atoms with Crippen LogP contribution in [0.2, 0.25) is 0 Å². The molecule has 2 aliphatic heterocycles. The molecule has 0 saturated carbocycles. The van der Waals surface area contributed by atoms with Gasteiger partial charge in [0.15, 0.2) is 17.5 Å². The van der Waals surface area contributed by atoms with Gasteiger partial charge in [-0.2, -0.15) is 0 Å². The van der Waals surface area contributed by atoms with Crippen molar-refractivity contribution < 1.29 is 27.1 Å². The van der Waals surface area contributed by atoms with Crippen LogP contribution in [0.3, 0.4) is 0 Å². The molecule has 28 heavy (non-hydrogen) atoms. The lowest BCUT2D eigenvalue weighted by Gasteiger charge is -2.30. The van der Waals surface area contributed by atoms with Crippen molar-refractivity contribution in [3.63, 3.8) is 0 Å². The second-order valence-corrected chi connectivity index (χ2v) is 8.87. The zero-order valence-corrected chi connectivity index (χ0v) is 16.0. The number of hydrogen-bond donors (Lipinski definition) is 0. The number of rotatable bonds is 5. The molecule has 4 rings (SSSR count). The minimum absolute atomic E-state index is 0.0816. The molecular formula is C20H20FNO5S. The highest BCUT2D eigenvalue weighted by atomic mass is 32.2. The van der Waals surface area contributed by atoms with Crippen LogP contribution in [0.15, 0.2) is 41.3 Å². The zero-order valence-electron chi connectivity index (χ0n) is 15.1. The molecule has 0 aliphatic carbocycles. The maximum Gasteiger partial charge on any atom is 0.216 e. The van der Waals surface area contributed by atoms with Crippen molar-refractivity contribution in [2.45, 2.75) is 23.8 Å². The number of carbonyl (C=O) groups excluding carboxylic acids is 1. The summed E-state index contributed by atoms with van der Waals surface area (Å²) in [6.45, 7) is 1.92. The minimum atomic E-state index is -3.38. The lowest BCUT2D eigenvalue weighted by molar-refractivity contribution is -0.109. The van der Waals surface area contributed by atoms with E-state index >= 15 is 0 Å². The first-order valence-corrected chi connectivity index (χ1v) is 10.7. The van der Waals surface area contributed by atoms with Crippen LogP contribution >= 0.6 is 0 Å². The molecule has 148 valence electrons. The van der Waals surface area contributed by atoms with E-state index in [1.54, 1.807) is 24.3 Å². The van der Waals surface area contributed by atoms with Crippen molar-refractivity contribution in [3.8, 4) is 22.6 Å². The molecule has 0 amide bonds. The first-order chi connectivity index (χ1) is 13.5. The van der Waals surface area contributed by atoms with Gasteiger partial charge in [-0.15, -0.1) is 0 Å². The predicted molar refractivity (Wildman–Crippen MR) is 101 cm³/mol. The lowest BCUT2D eigenvalue weighted by Crippen LogP contribution is -2.39. The second-order valence-electron chi connectivity index (χ2n) is 6.97. The van der Waals surface area contributed by atoms with Gasteiger partial charge in [-0.05, 0) is 48.2 Å². The van der Waals surface area contributed by atoms with Crippen molar-refractivity contribution in [2.24, 2.45) is 0 Å². The van der Waals surface area contributed by atoms with Crippen LogP contribution in [0.1, 0.15) is 12.8 Å². The molecule has 0 radical (unpaired) electrons. The largest absolute Gasteiger partial charge is 0.487 e. The first-order valence-electron chi connectivity index (χ1n) is 9.08. The molecule has 6 nitrogen and oxygen atoms in total. The molecule has 8 heteroatoms. The molecular weight excluding hydrogens is 385 g/mol. The minimum Gasteiger partial charge on any atom is -0.487 e. The third-order valence-electron chi connectivity index (χ3n) is 5.07. The van der Waals surface area contributed by atoms with Crippen LogP contribution in [0, 0.1) is 5.82 Å². The summed E-state index contributed by atoms with van der Waals surface area (Å²) in [5, 5.41) is 0. The summed E-state index contributed by atoms with van der Waals surface area (Å²) in [5.41, 5.74) is 1.28. The van der Waals surface area contributed by atoms with Crippen molar-refractivity contribution >= 4 is 16.1 Å². The Kier molecular flexibility index (Phi) is 5.07. The number of aldehydes is 1. The molecule has 2 aromatic carbocycles. The summed E-state index contributed by atoms with van der Waals surface area (Å²) in [7, 11) is -3.38. The number of sulfone groups is 1. The summed E-state index contributed by atoms with van der Waals surface area (Å²) < 4.78 is 49.3. The molecule has 0 unspecified atom stereocenters. The number of carbonyl (C=O) groups is 1. The predicted octanol–water partition coefficient (Wildman–Crippen LogP) is 2.66. The van der Waals surface area contributed by atoms with Crippen molar-refractivity contribution in [3.05, 3.63) is 42.2 Å². The van der Waals surface area contributed by atoms with Gasteiger partial charge in [0.25, 0.3) is 0 Å². The molecule has 0 spiro atoms. The van der Waals surface area contributed by atoms with Gasteiger partial charge in [-0.25, -0.2) is 12.8 Å². The Labute approximate surface area is 162 Å². The molecule has 2 aromatic rings. The highest BCUT2D eigenvalue weighted by Gasteiger charge is 2.28. The van der Waals surface area contributed by atoms with E-state index in [9.17, 15) is 17.6 Å². The second kappa shape index (κ2) is 7.52. The quantitative estimate of drug-likeness (QED) is 0.712. The van der Waals surface area contributed by atoms with Gasteiger partial charge in [-0.1, -0.05) is 12.1 Å². The number of nitrogens with zero attached hydrogens (tertiary/aromatic N) is 1. The van der Waals surface area contributed by atoms with Gasteiger partial charge in [-0.3, -0.25) is 4.90 Å². The fourth-order valence-electron chi connectivity index (χ4n) is 3.53. The number of likely N-dealkylation sites (tertiary alicyclic amines) is 1. The van der Waals surface area contributed by atoms with E-state index in [1.165, 1.54) is 12.1 Å². The number of halogens is 1. The van der Waals surface area contributed by atoms with E-state index in [-0.39, 0.29) is 22.7 Å². The summed E-state index contributed by atoms with van der Waals surface area (Å²) in [6, 6.07) is 9.45. The average Bonchev–Trinajstić information content (AvgIpc) is 2.99. The highest BCUT2D eigenvalue weighted by molar-refractivity contribution is 7.91. The monoisotopic (exact) mass is 405 g/mol. The Hall–Kier alpha value is -2.45. The Morgan fingerprint density at radius 1 is 1.14 bits per heavy atom. The van der Waals surface area contributed by atoms with Gasteiger partial charge < -0.3 is 14.3 Å². The van der Waals surface area contributed by atoms with Crippen LogP contribution in [0.4, 0.5) is 4.39 Å². The fourth-order valence-corrected chi connectivity index (χ4v) is 4.64. The van der Waals surface area contributed by atoms with E-state index < -0.39 is 15.7 Å². The summed E-state index contributed by atoms with van der Waals surface area (Å²) in [6.07, 6.45) is 2.29. The summed E-state index contributed by atoms with van der Waals surface area (Å²) in [4.78, 5) is 12.8. The van der Waals surface area contributed by atoms with E-state index in [4.69, 9.17) is 9.47 Å². The summed E-state index contributed by atoms with van der Waals surface area (Å²) in [5.74, 6) is -0.349. The Morgan fingerprint density at radius 3 is 2.57 bits per heavy atom. The van der Waals surface area contributed by atoms with Crippen LogP contribution in [-0.2, 0) is 14.6 Å². The molecule has 2 aliphatic rings. The standard InChI is InChI=1S/C20H20FNO5S/c21-17-11-14(15-2-4-20-19(12-15)26-13-28(20,24)25)1-3-18(17)27-16-5-7-22(8-6-16)9-10-23/h1-4,10-12,16H,5-9,13H2. The van der Waals surface area contributed by atoms with Gasteiger partial charge in [0.1, 0.15) is 23.0 Å². The average molecular weight is 405 g/mol. The Balaban J connectivity index is 1.48. The Morgan fingerprint density at radius 2 is 1.86 bits per heavy atom. The normalized spacial score (nSPS) is 19.0. The number of benzene rings is 2. The van der Waals surface area contributed by atoms with Crippen LogP contribution < -0.4 is 9.47 Å². The zero-order chi connectivity index (χ0) is 19.7. The molecule has 0 N–H and O–H groups in total. The van der Waals surface area contributed by atoms with E-state index in [0.717, 1.165) is 32.2 Å². The number of piperidine rings is 1. The number of fused-ring (bicyclic) bond motifs is 1. The van der Waals surface area contributed by atoms with Gasteiger partial charge in [0.05, 0.1) is 6.54 Å². The molecule has 0 bridgehead atoms. The van der Waals surface area contributed by atoms with Gasteiger partial charge in [0, 0.05) is 13.1 Å². The molecule has 2 heterocycles. The smallest absolute Gasteiger partial charge is 0.216 e. The van der Waals surface area contributed by atoms with Gasteiger partial charge >= 0.3 is 0 Å². The Bertz CT molecular complexity index is 1000. The lowest BCUT2D eigenvalue weighted by atomic mass is 10.0.